The fraction of sp³-hybridized carbons (Fsp3) is 0.136. The summed E-state index contributed by atoms with van der Waals surface area (Å²) in [4.78, 5) is 1.70. The molecule has 3 aromatic carbocycles. The normalized spacial score (nSPS) is 13.7. The summed E-state index contributed by atoms with van der Waals surface area (Å²) >= 11 is -0.556. The van der Waals surface area contributed by atoms with Crippen molar-refractivity contribution in [1.29, 1.82) is 0 Å². The standard InChI is InChI=1S/C15H10N3.C7H9.2ClH.Ti/c1-2-6-12-10-13(9-11(12)5-1)18-16-14-7-3-4-8-15(14)17-18;1-7(2)5-3-4-6-7;;;/h1-10H;3-5H,1-2H3;2*1H;/q2*-1;;;+2/p-2. The average molecular weight is 444 g/mol. The molecule has 1 aliphatic rings. The van der Waals surface area contributed by atoms with E-state index in [1.165, 1.54) is 10.8 Å². The second kappa shape index (κ2) is 9.62. The number of rotatable bonds is 1. The molecule has 142 valence electrons. The Labute approximate surface area is 181 Å². The van der Waals surface area contributed by atoms with Crippen molar-refractivity contribution in [2.24, 2.45) is 5.41 Å². The van der Waals surface area contributed by atoms with Gasteiger partial charge in [-0.1, -0.05) is 37.5 Å². The maximum atomic E-state index is 4.89. The number of fused-ring (bicyclic) bond motifs is 2. The van der Waals surface area contributed by atoms with E-state index < -0.39 is 17.0 Å². The quantitative estimate of drug-likeness (QED) is 0.244. The first-order valence-electron chi connectivity index (χ1n) is 8.75. The maximum Gasteiger partial charge on any atom is 0.113 e. The molecule has 5 rings (SSSR count). The Hall–Kier alpha value is -1.78. The second-order valence-electron chi connectivity index (χ2n) is 6.78. The third-order valence-electron chi connectivity index (χ3n) is 4.18. The van der Waals surface area contributed by atoms with E-state index in [-0.39, 0.29) is 5.41 Å². The molecule has 4 aromatic rings. The van der Waals surface area contributed by atoms with Gasteiger partial charge < -0.3 is 0 Å². The smallest absolute Gasteiger partial charge is 0.113 e. The first-order chi connectivity index (χ1) is 13.5. The SMILES string of the molecule is CC1(C)[C-]=CC=C1.[Cl][Ti][Cl].c1ccc2[cH-]c(-n3nc4ccccc4n3)cc2c1. The Morgan fingerprint density at radius 3 is 2.11 bits per heavy atom. The van der Waals surface area contributed by atoms with Gasteiger partial charge in [-0.3, -0.25) is 6.08 Å². The first kappa shape index (κ1) is 20.9. The zero-order chi connectivity index (χ0) is 20.0. The molecule has 0 saturated heterocycles. The molecule has 0 radical (unpaired) electrons. The number of benzene rings is 2. The molecule has 6 heteroatoms. The van der Waals surface area contributed by atoms with Gasteiger partial charge in [0.1, 0.15) is 11.0 Å². The summed E-state index contributed by atoms with van der Waals surface area (Å²) in [5.41, 5.74) is 3.05. The third kappa shape index (κ3) is 5.39. The zero-order valence-corrected chi connectivity index (χ0v) is 18.7. The Kier molecular flexibility index (Phi) is 7.20. The predicted octanol–water partition coefficient (Wildman–Crippen LogP) is 6.61. The summed E-state index contributed by atoms with van der Waals surface area (Å²) in [6, 6.07) is 20.4. The molecule has 1 aliphatic carbocycles. The van der Waals surface area contributed by atoms with Crippen LogP contribution >= 0.6 is 18.6 Å². The number of halogens is 2. The summed E-state index contributed by atoms with van der Waals surface area (Å²) in [5.74, 6) is 0. The molecule has 0 saturated carbocycles. The number of hydrogen-bond acceptors (Lipinski definition) is 2. The van der Waals surface area contributed by atoms with Gasteiger partial charge in [0, 0.05) is 0 Å². The molecule has 0 N–H and O–H groups in total. The molecule has 0 bridgehead atoms. The van der Waals surface area contributed by atoms with E-state index in [9.17, 15) is 0 Å². The Bertz CT molecular complexity index is 957. The molecular weight excluding hydrogens is 425 g/mol. The van der Waals surface area contributed by atoms with Crippen LogP contribution in [0, 0.1) is 11.5 Å². The van der Waals surface area contributed by atoms with Crippen molar-refractivity contribution in [2.75, 3.05) is 0 Å². The van der Waals surface area contributed by atoms with Crippen molar-refractivity contribution in [3.8, 4) is 5.69 Å². The summed E-state index contributed by atoms with van der Waals surface area (Å²) in [6.45, 7) is 4.26. The zero-order valence-electron chi connectivity index (χ0n) is 15.6. The molecule has 0 atom stereocenters. The van der Waals surface area contributed by atoms with E-state index in [2.05, 4.69) is 60.5 Å². The van der Waals surface area contributed by atoms with Gasteiger partial charge >= 0.3 is 35.6 Å². The van der Waals surface area contributed by atoms with Gasteiger partial charge in [-0.25, -0.2) is 12.2 Å². The van der Waals surface area contributed by atoms with Crippen LogP contribution in [0.2, 0.25) is 0 Å². The molecule has 0 spiro atoms. The molecule has 0 fully saturated rings. The topological polar surface area (TPSA) is 30.7 Å². The van der Waals surface area contributed by atoms with Crippen LogP contribution in [-0.4, -0.2) is 15.0 Å². The van der Waals surface area contributed by atoms with Crippen LogP contribution in [0.1, 0.15) is 13.8 Å². The summed E-state index contributed by atoms with van der Waals surface area (Å²) in [5, 5.41) is 11.4. The van der Waals surface area contributed by atoms with E-state index in [4.69, 9.17) is 18.6 Å². The van der Waals surface area contributed by atoms with Crippen molar-refractivity contribution < 1.29 is 17.0 Å². The molecular formula is C22H19Cl2N3Ti-2. The molecule has 0 aliphatic heterocycles. The van der Waals surface area contributed by atoms with Gasteiger partial charge in [-0.05, 0) is 17.8 Å². The molecule has 28 heavy (non-hydrogen) atoms. The predicted molar refractivity (Wildman–Crippen MR) is 114 cm³/mol. The van der Waals surface area contributed by atoms with Crippen LogP contribution < -0.4 is 0 Å². The summed E-state index contributed by atoms with van der Waals surface area (Å²) in [6.07, 6.45) is 9.28. The van der Waals surface area contributed by atoms with Crippen LogP contribution in [0.4, 0.5) is 0 Å². The fourth-order valence-electron chi connectivity index (χ4n) is 2.82. The minimum Gasteiger partial charge on any atom is -0.170 e. The van der Waals surface area contributed by atoms with Gasteiger partial charge in [-0.15, -0.1) is 51.3 Å². The van der Waals surface area contributed by atoms with Crippen LogP contribution in [0.25, 0.3) is 27.5 Å². The molecule has 1 heterocycles. The van der Waals surface area contributed by atoms with Crippen LogP contribution in [0.5, 0.6) is 0 Å². The van der Waals surface area contributed by atoms with E-state index in [0.717, 1.165) is 16.7 Å². The number of hydrogen-bond donors (Lipinski definition) is 0. The van der Waals surface area contributed by atoms with Crippen molar-refractivity contribution in [3.05, 3.63) is 85.0 Å². The number of allylic oxidation sites excluding steroid dienone is 4. The van der Waals surface area contributed by atoms with Crippen molar-refractivity contribution in [3.63, 3.8) is 0 Å². The van der Waals surface area contributed by atoms with Crippen LogP contribution in [-0.2, 0) is 17.0 Å². The van der Waals surface area contributed by atoms with Gasteiger partial charge in [0.15, 0.2) is 0 Å². The maximum absolute atomic E-state index is 4.89. The molecule has 0 unspecified atom stereocenters. The average Bonchev–Trinajstić information content (AvgIpc) is 3.39. The largest absolute Gasteiger partial charge is 0.170 e. The van der Waals surface area contributed by atoms with Gasteiger partial charge in [0.2, 0.25) is 0 Å². The monoisotopic (exact) mass is 443 g/mol. The Morgan fingerprint density at radius 1 is 1.00 bits per heavy atom. The molecule has 1 aromatic heterocycles. The van der Waals surface area contributed by atoms with Gasteiger partial charge in [-0.2, -0.15) is 10.9 Å². The fourth-order valence-corrected chi connectivity index (χ4v) is 2.82. The first-order valence-corrected chi connectivity index (χ1v) is 13.0. The summed E-state index contributed by atoms with van der Waals surface area (Å²) < 4.78 is 0. The second-order valence-corrected chi connectivity index (χ2v) is 9.36. The molecule has 3 nitrogen and oxygen atoms in total. The van der Waals surface area contributed by atoms with E-state index in [1.54, 1.807) is 4.80 Å². The van der Waals surface area contributed by atoms with Crippen molar-refractivity contribution in [1.82, 2.24) is 15.0 Å². The summed E-state index contributed by atoms with van der Waals surface area (Å²) in [7, 11) is 9.78. The van der Waals surface area contributed by atoms with Crippen molar-refractivity contribution in [2.45, 2.75) is 13.8 Å². The Morgan fingerprint density at radius 2 is 1.61 bits per heavy atom. The Balaban J connectivity index is 0.000000188. The number of aromatic nitrogens is 3. The van der Waals surface area contributed by atoms with E-state index in [1.807, 2.05) is 48.6 Å². The molecule has 0 amide bonds. The van der Waals surface area contributed by atoms with Gasteiger partial charge in [0.25, 0.3) is 0 Å². The van der Waals surface area contributed by atoms with E-state index in [0.29, 0.717) is 0 Å². The van der Waals surface area contributed by atoms with Crippen LogP contribution in [0.3, 0.4) is 0 Å². The third-order valence-corrected chi connectivity index (χ3v) is 4.18. The minimum atomic E-state index is -0.556. The number of nitrogens with zero attached hydrogens (tertiary/aromatic N) is 3. The minimum absolute atomic E-state index is 0.208. The van der Waals surface area contributed by atoms with Crippen LogP contribution in [0.15, 0.2) is 78.9 Å². The van der Waals surface area contributed by atoms with E-state index >= 15 is 0 Å². The van der Waals surface area contributed by atoms with Gasteiger partial charge in [0.05, 0.1) is 0 Å². The van der Waals surface area contributed by atoms with Crippen molar-refractivity contribution >= 4 is 40.4 Å².